The maximum Gasteiger partial charge on any atom is 0.224 e. The molecule has 20 heteroatoms. The molecule has 3 amide bonds. The third-order valence-electron chi connectivity index (χ3n) is 10.9. The first-order chi connectivity index (χ1) is 31.8. The topological polar surface area (TPSA) is 164 Å². The molecule has 0 aliphatic carbocycles. The Morgan fingerprint density at radius 3 is 1.41 bits per heavy atom. The number of rotatable bonds is 23. The summed E-state index contributed by atoms with van der Waals surface area (Å²) in [6.07, 6.45) is 8.08. The minimum Gasteiger partial charge on any atom is -0.356 e. The van der Waals surface area contributed by atoms with E-state index in [0.29, 0.717) is 6.42 Å². The fourth-order valence-corrected chi connectivity index (χ4v) is 13.8. The van der Waals surface area contributed by atoms with Crippen molar-refractivity contribution in [3.8, 4) is 0 Å². The van der Waals surface area contributed by atoms with Gasteiger partial charge in [0.05, 0.1) is 38.2 Å². The van der Waals surface area contributed by atoms with Crippen LogP contribution in [0.5, 0.6) is 0 Å². The number of hydrogen-bond acceptors (Lipinski definition) is 16. The number of sulfone groups is 1. The van der Waals surface area contributed by atoms with Gasteiger partial charge in [-0.25, -0.2) is 18.4 Å². The van der Waals surface area contributed by atoms with Crippen molar-refractivity contribution in [2.75, 3.05) is 25.9 Å². The maximum absolute atomic E-state index is 12.3. The highest BCUT2D eigenvalue weighted by Gasteiger charge is 2.34. The SMILES string of the molecule is CCCCNC(=O)[C@@H](C)C(C)(C)SS.CCCCNC(=O)[C@@H](C)C(C)(C)SSC(=O)CC.CCCCNC(=O)[C@@H](C)C(C)(C)SSc1nc2ccccc2s1.CS(=O)(=O)c1nc2ccccc2s1. The Hall–Kier alpha value is -1.65. The van der Waals surface area contributed by atoms with Crippen LogP contribution in [-0.2, 0) is 29.0 Å². The van der Waals surface area contributed by atoms with Crippen LogP contribution < -0.4 is 16.0 Å². The van der Waals surface area contributed by atoms with Crippen molar-refractivity contribution in [3.63, 3.8) is 0 Å². The number of hydrogen-bond donors (Lipinski definition) is 4. The molecule has 0 saturated heterocycles. The molecule has 0 unspecified atom stereocenters. The number of carbonyl (C=O) groups is 4. The van der Waals surface area contributed by atoms with Gasteiger partial charge in [0.15, 0.2) is 9.45 Å². The van der Waals surface area contributed by atoms with Crippen LogP contribution in [0, 0.1) is 17.8 Å². The lowest BCUT2D eigenvalue weighted by Crippen LogP contribution is -2.39. The summed E-state index contributed by atoms with van der Waals surface area (Å²) in [6, 6.07) is 15.6. The summed E-state index contributed by atoms with van der Waals surface area (Å²) in [5.74, 6) is 0.168. The number of fused-ring (bicyclic) bond motifs is 2. The molecule has 0 radical (unpaired) electrons. The average Bonchev–Trinajstić information content (AvgIpc) is 3.95. The fraction of sp³-hybridized carbons (Fsp3) is 0.625. The predicted octanol–water partition coefficient (Wildman–Crippen LogP) is 13.6. The highest BCUT2D eigenvalue weighted by atomic mass is 33.1. The summed E-state index contributed by atoms with van der Waals surface area (Å²) < 4.78 is 25.1. The Bertz CT molecular complexity index is 2180. The third-order valence-corrected chi connectivity index (χ3v) is 24.0. The van der Waals surface area contributed by atoms with Gasteiger partial charge >= 0.3 is 0 Å². The minimum absolute atomic E-state index is 0.0122. The molecule has 2 aromatic heterocycles. The molecule has 2 heterocycles. The monoisotopic (exact) mass is 1110 g/mol. The number of aromatic nitrogens is 2. The fourth-order valence-electron chi connectivity index (χ4n) is 5.05. The zero-order valence-corrected chi connectivity index (χ0v) is 49.9. The van der Waals surface area contributed by atoms with Crippen molar-refractivity contribution < 1.29 is 27.6 Å². The Morgan fingerprint density at radius 1 is 0.632 bits per heavy atom. The van der Waals surface area contributed by atoms with Crippen molar-refractivity contribution >= 4 is 141 Å². The van der Waals surface area contributed by atoms with E-state index in [1.807, 2.05) is 91.8 Å². The van der Waals surface area contributed by atoms with Crippen molar-refractivity contribution in [1.82, 2.24) is 25.9 Å². The predicted molar refractivity (Wildman–Crippen MR) is 306 cm³/mol. The van der Waals surface area contributed by atoms with Crippen LogP contribution in [0.3, 0.4) is 0 Å². The highest BCUT2D eigenvalue weighted by molar-refractivity contribution is 8.82. The Kier molecular flexibility index (Phi) is 30.7. The first-order valence-corrected chi connectivity index (χ1v) is 32.8. The van der Waals surface area contributed by atoms with E-state index in [1.54, 1.807) is 39.0 Å². The quantitative estimate of drug-likeness (QED) is 0.0315. The van der Waals surface area contributed by atoms with Crippen LogP contribution in [0.2, 0.25) is 0 Å². The average molecular weight is 1110 g/mol. The van der Waals surface area contributed by atoms with Crippen LogP contribution in [0.25, 0.3) is 20.4 Å². The smallest absolute Gasteiger partial charge is 0.224 e. The normalized spacial score (nSPS) is 13.1. The Balaban J connectivity index is 0.000000465. The lowest BCUT2D eigenvalue weighted by Gasteiger charge is -2.29. The first kappa shape index (κ1) is 64.4. The van der Waals surface area contributed by atoms with E-state index in [-0.39, 0.29) is 59.2 Å². The number of unbranched alkanes of at least 4 members (excludes halogenated alkanes) is 3. The standard InChI is InChI=1S/C17H24N2OS3.C13H25NO2S2.C10H21NOS2.C8H7NO2S2/c1-5-6-11-18-15(20)12(2)17(3,4)23-22-16-19-13-9-7-8-10-14(13)21-16;1-6-8-9-14-12(16)10(3)13(4,5)18-17-11(15)7-2;1-5-6-7-11-9(12)8(2)10(3,4)14-13;1-13(10,11)8-9-6-4-2-3-5-7(6)12-8/h7-10,12H,5-6,11H2,1-4H3,(H,18,20);10H,6-9H2,1-5H3,(H,14,16);8,13H,5-7H2,1-4H3,(H,11,12);2-5H,1H3/t12-;10-;8-;/m111./s1. The number of benzene rings is 2. The summed E-state index contributed by atoms with van der Waals surface area (Å²) in [5.41, 5.74) is 1.79. The molecule has 3 N–H and O–H groups in total. The number of para-hydroxylation sites is 2. The molecule has 384 valence electrons. The molecule has 2 aromatic carbocycles. The Labute approximate surface area is 441 Å². The van der Waals surface area contributed by atoms with E-state index in [9.17, 15) is 27.6 Å². The number of nitrogens with one attached hydrogen (secondary N) is 3. The largest absolute Gasteiger partial charge is 0.356 e. The summed E-state index contributed by atoms with van der Waals surface area (Å²) >= 11 is 7.09. The zero-order chi connectivity index (χ0) is 51.7. The number of amides is 3. The molecule has 68 heavy (non-hydrogen) atoms. The molecular weight excluding hydrogens is 1030 g/mol. The van der Waals surface area contributed by atoms with Crippen molar-refractivity contribution in [2.45, 2.75) is 158 Å². The molecule has 0 aliphatic rings. The van der Waals surface area contributed by atoms with Gasteiger partial charge < -0.3 is 16.0 Å². The zero-order valence-electron chi connectivity index (χ0n) is 42.5. The third kappa shape index (κ3) is 23.7. The summed E-state index contributed by atoms with van der Waals surface area (Å²) in [7, 11) is 4.43. The second-order valence-corrected chi connectivity index (χ2v) is 29.6. The van der Waals surface area contributed by atoms with Crippen molar-refractivity contribution in [1.29, 1.82) is 0 Å². The highest BCUT2D eigenvalue weighted by Crippen LogP contribution is 2.46. The van der Waals surface area contributed by atoms with Gasteiger partial charge in [0, 0.05) is 46.6 Å². The van der Waals surface area contributed by atoms with E-state index in [4.69, 9.17) is 0 Å². The molecule has 3 atom stereocenters. The maximum atomic E-state index is 12.3. The number of carbonyl (C=O) groups excluding carboxylic acids is 4. The van der Waals surface area contributed by atoms with Crippen molar-refractivity contribution in [2.24, 2.45) is 17.8 Å². The van der Waals surface area contributed by atoms with Gasteiger partial charge in [-0.15, -0.1) is 34.3 Å². The first-order valence-electron chi connectivity index (χ1n) is 23.1. The second-order valence-electron chi connectivity index (χ2n) is 17.7. The van der Waals surface area contributed by atoms with E-state index < -0.39 is 9.84 Å². The van der Waals surface area contributed by atoms with Gasteiger partial charge in [-0.2, -0.15) is 0 Å². The van der Waals surface area contributed by atoms with Crippen LogP contribution in [0.15, 0.2) is 57.2 Å². The molecule has 4 aromatic rings. The number of thiol groups is 1. The summed E-state index contributed by atoms with van der Waals surface area (Å²) in [6.45, 7) is 28.7. The van der Waals surface area contributed by atoms with Gasteiger partial charge in [0.25, 0.3) is 0 Å². The van der Waals surface area contributed by atoms with Crippen LogP contribution in [-0.4, -0.2) is 81.4 Å². The van der Waals surface area contributed by atoms with E-state index >= 15 is 0 Å². The van der Waals surface area contributed by atoms with Crippen LogP contribution >= 0.6 is 88.3 Å². The van der Waals surface area contributed by atoms with Crippen molar-refractivity contribution in [3.05, 3.63) is 48.5 Å². The summed E-state index contributed by atoms with van der Waals surface area (Å²) in [5, 5.41) is 9.08. The number of nitrogens with zero attached hydrogens (tertiary/aromatic N) is 2. The minimum atomic E-state index is -3.16. The molecule has 4 rings (SSSR count). The lowest BCUT2D eigenvalue weighted by molar-refractivity contribution is -0.126. The molecule has 0 aliphatic heterocycles. The molecule has 0 fully saturated rings. The van der Waals surface area contributed by atoms with Gasteiger partial charge in [0.2, 0.25) is 31.9 Å². The van der Waals surface area contributed by atoms with E-state index in [2.05, 4.69) is 78.3 Å². The Morgan fingerprint density at radius 2 is 1.03 bits per heavy atom. The molecule has 0 spiro atoms. The molecular formula is C48H77N5O6S9. The number of thiazole rings is 2. The van der Waals surface area contributed by atoms with E-state index in [0.717, 1.165) is 78.2 Å². The van der Waals surface area contributed by atoms with Crippen LogP contribution in [0.1, 0.15) is 135 Å². The lowest BCUT2D eigenvalue weighted by atomic mass is 9.96. The van der Waals surface area contributed by atoms with Crippen LogP contribution in [0.4, 0.5) is 0 Å². The molecule has 11 nitrogen and oxygen atoms in total. The molecule has 0 bridgehead atoms. The van der Waals surface area contributed by atoms with E-state index in [1.165, 1.54) is 54.7 Å². The summed E-state index contributed by atoms with van der Waals surface area (Å²) in [4.78, 5) is 55.9. The van der Waals surface area contributed by atoms with Gasteiger partial charge in [-0.1, -0.05) is 124 Å². The van der Waals surface area contributed by atoms with Gasteiger partial charge in [0.1, 0.15) is 0 Å². The molecule has 0 saturated carbocycles. The van der Waals surface area contributed by atoms with Gasteiger partial charge in [-0.3, -0.25) is 19.2 Å². The van der Waals surface area contributed by atoms with Gasteiger partial charge in [-0.05, 0) is 107 Å². The second kappa shape index (κ2) is 32.4.